The van der Waals surface area contributed by atoms with Gasteiger partial charge in [-0.25, -0.2) is 9.48 Å². The molecule has 0 aliphatic carbocycles. The van der Waals surface area contributed by atoms with Crippen LogP contribution in [-0.2, 0) is 4.74 Å². The number of ether oxygens (including phenoxy) is 1. The average Bonchev–Trinajstić information content (AvgIpc) is 3.27. The number of hydrogen-bond donors (Lipinski definition) is 1. The number of hydrogen-bond acceptors (Lipinski definition) is 4. The third-order valence-electron chi connectivity index (χ3n) is 4.78. The number of cyclic esters (lactones) is 1. The highest BCUT2D eigenvalue weighted by molar-refractivity contribution is 9.10. The first-order valence-corrected chi connectivity index (χ1v) is 9.92. The number of carbonyl (C=O) groups excluding carboxylic acids is 2. The molecule has 1 aliphatic heterocycles. The molecule has 0 bridgehead atoms. The number of benzene rings is 2. The topological polar surface area (TPSA) is 76.5 Å². The Bertz CT molecular complexity index is 1090. The number of nitrogens with zero attached hydrogens (tertiary/aromatic N) is 3. The normalized spacial score (nSPS) is 13.5. The number of rotatable bonds is 4. The van der Waals surface area contributed by atoms with Crippen LogP contribution in [0.1, 0.15) is 21.7 Å². The van der Waals surface area contributed by atoms with Crippen LogP contribution in [0.3, 0.4) is 0 Å². The summed E-state index contributed by atoms with van der Waals surface area (Å²) in [5, 5.41) is 7.39. The first kappa shape index (κ1) is 19.2. The van der Waals surface area contributed by atoms with Crippen molar-refractivity contribution in [1.82, 2.24) is 9.78 Å². The van der Waals surface area contributed by atoms with Crippen LogP contribution in [0.5, 0.6) is 0 Å². The van der Waals surface area contributed by atoms with Gasteiger partial charge in [-0.15, -0.1) is 0 Å². The van der Waals surface area contributed by atoms with Crippen molar-refractivity contribution in [3.63, 3.8) is 0 Å². The number of aromatic nitrogens is 2. The fourth-order valence-corrected chi connectivity index (χ4v) is 3.50. The molecule has 2 amide bonds. The molecule has 1 aliphatic rings. The van der Waals surface area contributed by atoms with Gasteiger partial charge in [0.1, 0.15) is 6.61 Å². The Morgan fingerprint density at radius 1 is 1.14 bits per heavy atom. The minimum Gasteiger partial charge on any atom is -0.447 e. The molecule has 148 valence electrons. The number of amides is 2. The summed E-state index contributed by atoms with van der Waals surface area (Å²) in [4.78, 5) is 26.2. The summed E-state index contributed by atoms with van der Waals surface area (Å²) >= 11 is 3.53. The molecule has 8 heteroatoms. The summed E-state index contributed by atoms with van der Waals surface area (Å²) in [5.41, 5.74) is 4.45. The van der Waals surface area contributed by atoms with Gasteiger partial charge < -0.3 is 10.1 Å². The van der Waals surface area contributed by atoms with Gasteiger partial charge >= 0.3 is 6.09 Å². The van der Waals surface area contributed by atoms with Gasteiger partial charge in [0.2, 0.25) is 0 Å². The van der Waals surface area contributed by atoms with Crippen LogP contribution in [0, 0.1) is 13.8 Å². The zero-order valence-electron chi connectivity index (χ0n) is 16.0. The van der Waals surface area contributed by atoms with Crippen LogP contribution < -0.4 is 10.2 Å². The molecule has 4 rings (SSSR count). The molecule has 0 unspecified atom stereocenters. The van der Waals surface area contributed by atoms with Crippen LogP contribution in [0.2, 0.25) is 0 Å². The van der Waals surface area contributed by atoms with Crippen LogP contribution in [-0.4, -0.2) is 34.9 Å². The summed E-state index contributed by atoms with van der Waals surface area (Å²) in [5.74, 6) is -0.258. The molecular formula is C21H19BrN4O3. The molecule has 1 N–H and O–H groups in total. The summed E-state index contributed by atoms with van der Waals surface area (Å²) in [6.07, 6.45) is -0.410. The fourth-order valence-electron chi connectivity index (χ4n) is 3.25. The maximum atomic E-state index is 12.8. The van der Waals surface area contributed by atoms with E-state index in [0.717, 1.165) is 21.5 Å². The average molecular weight is 455 g/mol. The van der Waals surface area contributed by atoms with Crippen LogP contribution in [0.25, 0.3) is 5.69 Å². The summed E-state index contributed by atoms with van der Waals surface area (Å²) < 4.78 is 7.80. The van der Waals surface area contributed by atoms with Crippen molar-refractivity contribution in [2.24, 2.45) is 0 Å². The largest absolute Gasteiger partial charge is 0.447 e. The van der Waals surface area contributed by atoms with E-state index >= 15 is 0 Å². The standard InChI is InChI=1S/C21H19BrN4O3/c1-13-19(22)14(2)26(24-13)16-9-7-15(8-10-16)20(27)23-17-5-3-4-6-18(17)25-11-12-29-21(25)28/h3-10H,11-12H2,1-2H3,(H,23,27). The van der Waals surface area contributed by atoms with Gasteiger partial charge in [-0.05, 0) is 66.2 Å². The van der Waals surface area contributed by atoms with Gasteiger partial charge in [0.15, 0.2) is 0 Å². The van der Waals surface area contributed by atoms with E-state index in [0.29, 0.717) is 30.1 Å². The summed E-state index contributed by atoms with van der Waals surface area (Å²) in [6.45, 7) is 4.71. The third kappa shape index (κ3) is 3.63. The molecule has 3 aromatic rings. The Labute approximate surface area is 176 Å². The Morgan fingerprint density at radius 3 is 2.48 bits per heavy atom. The first-order chi connectivity index (χ1) is 14.0. The van der Waals surface area contributed by atoms with Crippen LogP contribution in [0.4, 0.5) is 16.2 Å². The summed E-state index contributed by atoms with van der Waals surface area (Å²) in [6, 6.07) is 14.4. The molecular weight excluding hydrogens is 436 g/mol. The first-order valence-electron chi connectivity index (χ1n) is 9.12. The fraction of sp³-hybridized carbons (Fsp3) is 0.190. The Balaban J connectivity index is 1.55. The van der Waals surface area contributed by atoms with Crippen molar-refractivity contribution in [2.45, 2.75) is 13.8 Å². The molecule has 7 nitrogen and oxygen atoms in total. The molecule has 0 radical (unpaired) electrons. The SMILES string of the molecule is Cc1nn(-c2ccc(C(=O)Nc3ccccc3N3CCOC3=O)cc2)c(C)c1Br. The van der Waals surface area contributed by atoms with E-state index in [1.54, 1.807) is 24.3 Å². The Morgan fingerprint density at radius 2 is 1.86 bits per heavy atom. The van der Waals surface area contributed by atoms with Crippen LogP contribution >= 0.6 is 15.9 Å². The highest BCUT2D eigenvalue weighted by Crippen LogP contribution is 2.28. The molecule has 0 saturated carbocycles. The second-order valence-corrected chi connectivity index (χ2v) is 7.47. The lowest BCUT2D eigenvalue weighted by atomic mass is 10.1. The van der Waals surface area contributed by atoms with Gasteiger partial charge in [-0.3, -0.25) is 9.69 Å². The molecule has 1 fully saturated rings. The highest BCUT2D eigenvalue weighted by Gasteiger charge is 2.26. The van der Waals surface area contributed by atoms with E-state index in [1.807, 2.05) is 42.8 Å². The quantitative estimate of drug-likeness (QED) is 0.631. The maximum Gasteiger partial charge on any atom is 0.414 e. The predicted octanol–water partition coefficient (Wildman–Crippen LogP) is 4.46. The van der Waals surface area contributed by atoms with E-state index in [4.69, 9.17) is 4.74 Å². The van der Waals surface area contributed by atoms with Crippen LogP contribution in [0.15, 0.2) is 53.0 Å². The number of halogens is 1. The van der Waals surface area contributed by atoms with Gasteiger partial charge in [0.05, 0.1) is 39.5 Å². The number of nitrogens with one attached hydrogen (secondary N) is 1. The maximum absolute atomic E-state index is 12.8. The monoisotopic (exact) mass is 454 g/mol. The van der Waals surface area contributed by atoms with Gasteiger partial charge in [0, 0.05) is 5.56 Å². The van der Waals surface area contributed by atoms with Crippen molar-refractivity contribution in [1.29, 1.82) is 0 Å². The second-order valence-electron chi connectivity index (χ2n) is 6.68. The molecule has 2 aromatic carbocycles. The van der Waals surface area contributed by atoms with Crippen molar-refractivity contribution in [3.05, 3.63) is 70.0 Å². The molecule has 2 heterocycles. The van der Waals surface area contributed by atoms with Gasteiger partial charge in [-0.1, -0.05) is 12.1 Å². The van der Waals surface area contributed by atoms with E-state index in [9.17, 15) is 9.59 Å². The zero-order valence-corrected chi connectivity index (χ0v) is 17.6. The highest BCUT2D eigenvalue weighted by atomic mass is 79.9. The zero-order chi connectivity index (χ0) is 20.5. The second kappa shape index (κ2) is 7.71. The molecule has 0 spiro atoms. The molecule has 1 saturated heterocycles. The van der Waals surface area contributed by atoms with Crippen molar-refractivity contribution in [2.75, 3.05) is 23.4 Å². The lowest BCUT2D eigenvalue weighted by Gasteiger charge is -2.17. The number of para-hydroxylation sites is 2. The lowest BCUT2D eigenvalue weighted by Crippen LogP contribution is -2.25. The minimum absolute atomic E-state index is 0.258. The smallest absolute Gasteiger partial charge is 0.414 e. The number of anilines is 2. The summed E-state index contributed by atoms with van der Waals surface area (Å²) in [7, 11) is 0. The van der Waals surface area contributed by atoms with E-state index < -0.39 is 6.09 Å². The van der Waals surface area contributed by atoms with Crippen molar-refractivity contribution >= 4 is 39.3 Å². The number of carbonyl (C=O) groups is 2. The molecule has 1 aromatic heterocycles. The van der Waals surface area contributed by atoms with Gasteiger partial charge in [-0.2, -0.15) is 5.10 Å². The predicted molar refractivity (Wildman–Crippen MR) is 114 cm³/mol. The van der Waals surface area contributed by atoms with Gasteiger partial charge in [0.25, 0.3) is 5.91 Å². The third-order valence-corrected chi connectivity index (χ3v) is 5.93. The lowest BCUT2D eigenvalue weighted by molar-refractivity contribution is 0.102. The Hall–Kier alpha value is -3.13. The molecule has 0 atom stereocenters. The van der Waals surface area contributed by atoms with E-state index in [-0.39, 0.29) is 5.91 Å². The van der Waals surface area contributed by atoms with Crippen molar-refractivity contribution < 1.29 is 14.3 Å². The number of aryl methyl sites for hydroxylation is 1. The molecule has 29 heavy (non-hydrogen) atoms. The van der Waals surface area contributed by atoms with Crippen molar-refractivity contribution in [3.8, 4) is 5.69 Å². The van der Waals surface area contributed by atoms with E-state index in [1.165, 1.54) is 4.90 Å². The van der Waals surface area contributed by atoms with E-state index in [2.05, 4.69) is 26.3 Å². The minimum atomic E-state index is -0.410. The Kier molecular flexibility index (Phi) is 5.10.